The summed E-state index contributed by atoms with van der Waals surface area (Å²) in [5.74, 6) is 0. The van der Waals surface area contributed by atoms with Crippen molar-refractivity contribution in [1.29, 1.82) is 0 Å². The van der Waals surface area contributed by atoms with Crippen molar-refractivity contribution in [3.63, 3.8) is 0 Å². The van der Waals surface area contributed by atoms with Crippen molar-refractivity contribution in [2.75, 3.05) is 6.54 Å². The van der Waals surface area contributed by atoms with Gasteiger partial charge in [0.15, 0.2) is 0 Å². The zero-order chi connectivity index (χ0) is 4.57. The lowest BCUT2D eigenvalue weighted by molar-refractivity contribution is 0.171. The fourth-order valence-corrected chi connectivity index (χ4v) is 0.443. The van der Waals surface area contributed by atoms with Gasteiger partial charge in [-0.3, -0.25) is 0 Å². The minimum atomic E-state index is -0.579. The predicted octanol–water partition coefficient (Wildman–Crippen LogP) is 0.738. The molecule has 0 saturated carbocycles. The maximum Gasteiger partial charge on any atom is 0.127 e. The molecule has 2 atom stereocenters. The van der Waals surface area contributed by atoms with Crippen molar-refractivity contribution in [2.45, 2.75) is 19.1 Å². The lowest BCUT2D eigenvalue weighted by Gasteiger charge is -2.28. The maximum atomic E-state index is 11.8. The minimum Gasteiger partial charge on any atom is -0.308 e. The zero-order valence-electron chi connectivity index (χ0n) is 4.15. The third kappa shape index (κ3) is 1.28. The lowest BCUT2D eigenvalue weighted by atomic mass is 10.1. The smallest absolute Gasteiger partial charge is 0.127 e. The van der Waals surface area contributed by atoms with E-state index < -0.39 is 6.17 Å². The highest BCUT2D eigenvalue weighted by atomic mass is 35.5. The molecule has 0 aromatic rings. The monoisotopic (exact) mass is 125 g/mol. The third-order valence-corrected chi connectivity index (χ3v) is 1.18. The van der Waals surface area contributed by atoms with Crippen molar-refractivity contribution >= 4 is 12.4 Å². The molecule has 1 unspecified atom stereocenters. The van der Waals surface area contributed by atoms with Crippen molar-refractivity contribution in [3.8, 4) is 0 Å². The van der Waals surface area contributed by atoms with Gasteiger partial charge >= 0.3 is 0 Å². The molecule has 0 bridgehead atoms. The second-order valence-electron chi connectivity index (χ2n) is 1.71. The van der Waals surface area contributed by atoms with E-state index in [1.165, 1.54) is 0 Å². The number of rotatable bonds is 0. The lowest BCUT2D eigenvalue weighted by Crippen LogP contribution is -2.52. The molecule has 7 heavy (non-hydrogen) atoms. The van der Waals surface area contributed by atoms with E-state index in [9.17, 15) is 4.39 Å². The number of halogens is 2. The van der Waals surface area contributed by atoms with Gasteiger partial charge in [0.2, 0.25) is 0 Å². The summed E-state index contributed by atoms with van der Waals surface area (Å²) in [6, 6.07) is 0.116. The van der Waals surface area contributed by atoms with E-state index in [0.29, 0.717) is 6.54 Å². The Hall–Kier alpha value is 0.180. The van der Waals surface area contributed by atoms with Crippen molar-refractivity contribution in [2.24, 2.45) is 0 Å². The van der Waals surface area contributed by atoms with Gasteiger partial charge in [-0.1, -0.05) is 0 Å². The average molecular weight is 126 g/mol. The van der Waals surface area contributed by atoms with Crippen molar-refractivity contribution in [1.82, 2.24) is 5.32 Å². The van der Waals surface area contributed by atoms with Gasteiger partial charge in [0.05, 0.1) is 0 Å². The molecule has 1 saturated heterocycles. The van der Waals surface area contributed by atoms with E-state index in [1.807, 2.05) is 6.92 Å². The van der Waals surface area contributed by atoms with Crippen LogP contribution in [0.4, 0.5) is 4.39 Å². The van der Waals surface area contributed by atoms with E-state index in [1.54, 1.807) is 0 Å². The summed E-state index contributed by atoms with van der Waals surface area (Å²) in [7, 11) is 0. The third-order valence-electron chi connectivity index (χ3n) is 1.18. The second kappa shape index (κ2) is 2.48. The van der Waals surface area contributed by atoms with Crippen LogP contribution in [0.25, 0.3) is 0 Å². The quantitative estimate of drug-likeness (QED) is 0.504. The second-order valence-corrected chi connectivity index (χ2v) is 1.71. The molecule has 0 radical (unpaired) electrons. The fraction of sp³-hybridized carbons (Fsp3) is 1.00. The molecular weight excluding hydrogens is 117 g/mol. The van der Waals surface area contributed by atoms with E-state index in [-0.39, 0.29) is 18.4 Å². The Balaban J connectivity index is 0.000000360. The molecule has 1 fully saturated rings. The van der Waals surface area contributed by atoms with Crippen LogP contribution < -0.4 is 5.32 Å². The van der Waals surface area contributed by atoms with Crippen LogP contribution in [0.2, 0.25) is 0 Å². The molecule has 0 aromatic heterocycles. The highest BCUT2D eigenvalue weighted by molar-refractivity contribution is 5.85. The molecule has 1 heterocycles. The Bertz CT molecular complexity index is 51.7. The van der Waals surface area contributed by atoms with Crippen LogP contribution in [0.5, 0.6) is 0 Å². The number of hydrogen-bond donors (Lipinski definition) is 1. The molecule has 1 aliphatic rings. The Morgan fingerprint density at radius 3 is 2.14 bits per heavy atom. The van der Waals surface area contributed by atoms with Gasteiger partial charge in [-0.25, -0.2) is 4.39 Å². The van der Waals surface area contributed by atoms with Crippen LogP contribution in [0.1, 0.15) is 6.92 Å². The SMILES string of the molecule is C[C@H]1NCC1F.Cl. The van der Waals surface area contributed by atoms with E-state index in [0.717, 1.165) is 0 Å². The summed E-state index contributed by atoms with van der Waals surface area (Å²) in [6.45, 7) is 2.40. The summed E-state index contributed by atoms with van der Waals surface area (Å²) in [6.07, 6.45) is -0.579. The summed E-state index contributed by atoms with van der Waals surface area (Å²) in [5, 5.41) is 2.88. The summed E-state index contributed by atoms with van der Waals surface area (Å²) >= 11 is 0. The van der Waals surface area contributed by atoms with E-state index in [4.69, 9.17) is 0 Å². The first-order valence-corrected chi connectivity index (χ1v) is 2.18. The van der Waals surface area contributed by atoms with Gasteiger partial charge in [-0.05, 0) is 6.92 Å². The normalized spacial score (nSPS) is 38.6. The molecule has 1 nitrogen and oxygen atoms in total. The number of nitrogens with one attached hydrogen (secondary N) is 1. The zero-order valence-corrected chi connectivity index (χ0v) is 4.96. The summed E-state index contributed by atoms with van der Waals surface area (Å²) < 4.78 is 11.8. The van der Waals surface area contributed by atoms with Crippen LogP contribution in [0.15, 0.2) is 0 Å². The Morgan fingerprint density at radius 2 is 2.14 bits per heavy atom. The van der Waals surface area contributed by atoms with Gasteiger partial charge in [-0.15, -0.1) is 12.4 Å². The molecule has 44 valence electrons. The molecule has 0 aromatic carbocycles. The van der Waals surface area contributed by atoms with Crippen molar-refractivity contribution < 1.29 is 4.39 Å². The first kappa shape index (κ1) is 7.18. The molecule has 0 amide bonds. The molecule has 1 rings (SSSR count). The Labute approximate surface area is 48.7 Å². The van der Waals surface area contributed by atoms with Crippen LogP contribution in [0, 0.1) is 0 Å². The van der Waals surface area contributed by atoms with Gasteiger partial charge in [0.1, 0.15) is 6.17 Å². The first-order valence-electron chi connectivity index (χ1n) is 2.18. The minimum absolute atomic E-state index is 0. The van der Waals surface area contributed by atoms with Gasteiger partial charge < -0.3 is 5.32 Å². The highest BCUT2D eigenvalue weighted by Crippen LogP contribution is 2.05. The van der Waals surface area contributed by atoms with Crippen LogP contribution in [-0.4, -0.2) is 18.8 Å². The van der Waals surface area contributed by atoms with E-state index in [2.05, 4.69) is 5.32 Å². The maximum absolute atomic E-state index is 11.8. The molecule has 1 aliphatic heterocycles. The largest absolute Gasteiger partial charge is 0.308 e. The predicted molar refractivity (Wildman–Crippen MR) is 29.6 cm³/mol. The highest BCUT2D eigenvalue weighted by Gasteiger charge is 2.24. The van der Waals surface area contributed by atoms with Crippen LogP contribution in [-0.2, 0) is 0 Å². The van der Waals surface area contributed by atoms with Gasteiger partial charge in [0, 0.05) is 12.6 Å². The molecule has 1 N–H and O–H groups in total. The molecule has 3 heteroatoms. The number of alkyl halides is 1. The Morgan fingerprint density at radius 1 is 1.71 bits per heavy atom. The summed E-state index contributed by atoms with van der Waals surface area (Å²) in [5.41, 5.74) is 0. The molecular formula is C4H9ClFN. The first-order chi connectivity index (χ1) is 2.80. The topological polar surface area (TPSA) is 12.0 Å². The Kier molecular flexibility index (Phi) is 2.54. The van der Waals surface area contributed by atoms with Crippen molar-refractivity contribution in [3.05, 3.63) is 0 Å². The summed E-state index contributed by atoms with van der Waals surface area (Å²) in [4.78, 5) is 0. The molecule has 0 spiro atoms. The fourth-order valence-electron chi connectivity index (χ4n) is 0.443. The van der Waals surface area contributed by atoms with Crippen LogP contribution >= 0.6 is 12.4 Å². The van der Waals surface area contributed by atoms with Gasteiger partial charge in [0.25, 0.3) is 0 Å². The standard InChI is InChI=1S/C4H8FN.ClH/c1-3-4(5)2-6-3;/h3-4,6H,2H2,1H3;1H/t3-,4?;/m1./s1. The van der Waals surface area contributed by atoms with Gasteiger partial charge in [-0.2, -0.15) is 0 Å². The number of hydrogen-bond acceptors (Lipinski definition) is 1. The molecule has 0 aliphatic carbocycles. The van der Waals surface area contributed by atoms with Crippen LogP contribution in [0.3, 0.4) is 0 Å². The average Bonchev–Trinajstić information content (AvgIpc) is 1.61. The van der Waals surface area contributed by atoms with E-state index >= 15 is 0 Å².